The minimum Gasteiger partial charge on any atom is -0.360 e. The molecule has 0 aromatic heterocycles. The van der Waals surface area contributed by atoms with Gasteiger partial charge in [-0.2, -0.15) is 0 Å². The molecule has 1 aromatic rings. The third-order valence-electron chi connectivity index (χ3n) is 2.05. The average molecular weight is 276 g/mol. The van der Waals surface area contributed by atoms with Gasteiger partial charge < -0.3 is 9.84 Å². The normalized spacial score (nSPS) is 21.1. The number of benzene rings is 1. The topological polar surface area (TPSA) is 49.8 Å². The van der Waals surface area contributed by atoms with E-state index in [1.54, 1.807) is 0 Å². The van der Waals surface area contributed by atoms with Crippen LogP contribution in [-0.2, 0) is 9.53 Å². The van der Waals surface area contributed by atoms with E-state index >= 15 is 0 Å². The number of ether oxygens (including phenoxy) is 1. The minimum atomic E-state index is -1.42. The summed E-state index contributed by atoms with van der Waals surface area (Å²) in [6, 6.07) is 4.13. The second-order valence-electron chi connectivity index (χ2n) is 3.01. The summed E-state index contributed by atoms with van der Waals surface area (Å²) < 4.78 is 17.9. The average Bonchev–Trinajstić information content (AvgIpc) is 2.53. The molecule has 80 valence electrons. The lowest BCUT2D eigenvalue weighted by Crippen LogP contribution is -2.29. The fourth-order valence-corrected chi connectivity index (χ4v) is 1.63. The van der Waals surface area contributed by atoms with Crippen LogP contribution in [0.15, 0.2) is 22.7 Å². The molecule has 1 unspecified atom stereocenters. The largest absolute Gasteiger partial charge is 0.360 e. The number of hydrogen-bond donors (Lipinski definition) is 1. The zero-order chi connectivity index (χ0) is 11.0. The van der Waals surface area contributed by atoms with Crippen LogP contribution in [0.3, 0.4) is 0 Å². The van der Waals surface area contributed by atoms with Crippen LogP contribution in [0.4, 0.5) is 10.1 Å². The third-order valence-corrected chi connectivity index (χ3v) is 2.66. The van der Waals surface area contributed by atoms with Gasteiger partial charge in [-0.25, -0.2) is 4.39 Å². The zero-order valence-electron chi connectivity index (χ0n) is 7.48. The summed E-state index contributed by atoms with van der Waals surface area (Å²) in [5.41, 5.74) is 0.477. The van der Waals surface area contributed by atoms with Crippen LogP contribution in [0.2, 0.25) is 0 Å². The number of aliphatic hydroxyl groups excluding tert-OH is 1. The molecule has 0 aliphatic carbocycles. The summed E-state index contributed by atoms with van der Waals surface area (Å²) in [7, 11) is 0. The van der Waals surface area contributed by atoms with Gasteiger partial charge in [0.1, 0.15) is 12.5 Å². The molecule has 1 saturated heterocycles. The highest BCUT2D eigenvalue weighted by molar-refractivity contribution is 9.10. The number of aliphatic hydroxyl groups is 1. The Bertz CT molecular complexity index is 412. The van der Waals surface area contributed by atoms with Crippen LogP contribution in [0, 0.1) is 5.82 Å². The second-order valence-corrected chi connectivity index (χ2v) is 3.87. The Kier molecular flexibility index (Phi) is 2.72. The zero-order valence-corrected chi connectivity index (χ0v) is 9.07. The molecule has 1 heterocycles. The highest BCUT2D eigenvalue weighted by Crippen LogP contribution is 2.25. The molecule has 15 heavy (non-hydrogen) atoms. The summed E-state index contributed by atoms with van der Waals surface area (Å²) >= 11 is 3.01. The molecule has 0 spiro atoms. The molecule has 1 aliphatic rings. The summed E-state index contributed by atoms with van der Waals surface area (Å²) in [5.74, 6) is -0.958. The van der Waals surface area contributed by atoms with E-state index in [2.05, 4.69) is 15.9 Å². The van der Waals surface area contributed by atoms with Crippen molar-refractivity contribution in [3.63, 3.8) is 0 Å². The molecular formula is C9H7BrFNO3. The monoisotopic (exact) mass is 275 g/mol. The first kappa shape index (κ1) is 10.5. The lowest BCUT2D eigenvalue weighted by atomic mass is 10.3. The summed E-state index contributed by atoms with van der Waals surface area (Å²) in [6.07, 6.45) is -1.42. The van der Waals surface area contributed by atoms with Gasteiger partial charge in [0, 0.05) is 5.69 Å². The van der Waals surface area contributed by atoms with E-state index in [1.165, 1.54) is 23.1 Å². The van der Waals surface area contributed by atoms with Gasteiger partial charge >= 0.3 is 0 Å². The van der Waals surface area contributed by atoms with Crippen LogP contribution in [0.25, 0.3) is 0 Å². The van der Waals surface area contributed by atoms with E-state index in [9.17, 15) is 9.18 Å². The number of hydrogen-bond acceptors (Lipinski definition) is 3. The van der Waals surface area contributed by atoms with E-state index in [1.807, 2.05) is 0 Å². The summed E-state index contributed by atoms with van der Waals surface area (Å²) in [5, 5.41) is 9.05. The van der Waals surface area contributed by atoms with Crippen molar-refractivity contribution < 1.29 is 19.0 Å². The van der Waals surface area contributed by atoms with Gasteiger partial charge in [0.05, 0.1) is 4.47 Å². The predicted molar refractivity (Wildman–Crippen MR) is 53.5 cm³/mol. The third kappa shape index (κ3) is 1.88. The van der Waals surface area contributed by atoms with Gasteiger partial charge in [-0.1, -0.05) is 0 Å². The molecule has 1 atom stereocenters. The van der Waals surface area contributed by atoms with Gasteiger partial charge in [0.15, 0.2) is 0 Å². The van der Waals surface area contributed by atoms with Crippen molar-refractivity contribution in [2.24, 2.45) is 0 Å². The lowest BCUT2D eigenvalue weighted by Gasteiger charge is -2.13. The predicted octanol–water partition coefficient (Wildman–Crippen LogP) is 1.23. The van der Waals surface area contributed by atoms with E-state index in [0.717, 1.165) is 0 Å². The molecule has 2 rings (SSSR count). The number of nitrogens with zero attached hydrogens (tertiary/aromatic N) is 1. The van der Waals surface area contributed by atoms with Crippen molar-refractivity contribution in [2.45, 2.75) is 6.29 Å². The van der Waals surface area contributed by atoms with E-state index in [0.29, 0.717) is 5.69 Å². The van der Waals surface area contributed by atoms with Crippen molar-refractivity contribution in [1.29, 1.82) is 0 Å². The maximum absolute atomic E-state index is 12.9. The van der Waals surface area contributed by atoms with Crippen molar-refractivity contribution >= 4 is 27.5 Å². The molecule has 0 saturated carbocycles. The Hall–Kier alpha value is -0.980. The van der Waals surface area contributed by atoms with E-state index < -0.39 is 18.0 Å². The first-order valence-electron chi connectivity index (χ1n) is 4.15. The summed E-state index contributed by atoms with van der Waals surface area (Å²) in [4.78, 5) is 12.6. The second kappa shape index (κ2) is 3.88. The fourth-order valence-electron chi connectivity index (χ4n) is 1.27. The molecule has 6 heteroatoms. The Morgan fingerprint density at radius 2 is 2.33 bits per heavy atom. The van der Waals surface area contributed by atoms with E-state index in [-0.39, 0.29) is 11.2 Å². The van der Waals surface area contributed by atoms with E-state index in [4.69, 9.17) is 9.84 Å². The van der Waals surface area contributed by atoms with Gasteiger partial charge in [-0.15, -0.1) is 0 Å². The maximum Gasteiger partial charge on any atom is 0.285 e. The number of anilines is 1. The highest BCUT2D eigenvalue weighted by atomic mass is 79.9. The van der Waals surface area contributed by atoms with Gasteiger partial charge in [-0.05, 0) is 34.1 Å². The smallest absolute Gasteiger partial charge is 0.285 e. The quantitative estimate of drug-likeness (QED) is 0.839. The molecule has 1 aromatic carbocycles. The molecule has 0 bridgehead atoms. The molecular weight excluding hydrogens is 269 g/mol. The molecule has 1 N–H and O–H groups in total. The van der Waals surface area contributed by atoms with Gasteiger partial charge in [0.2, 0.25) is 6.29 Å². The van der Waals surface area contributed by atoms with Crippen molar-refractivity contribution in [3.05, 3.63) is 28.5 Å². The SMILES string of the molecule is O=C1C(O)OCN1c1ccc(F)c(Br)c1. The van der Waals surface area contributed by atoms with Crippen molar-refractivity contribution in [2.75, 3.05) is 11.6 Å². The number of amides is 1. The van der Waals surface area contributed by atoms with Crippen molar-refractivity contribution in [3.8, 4) is 0 Å². The first-order chi connectivity index (χ1) is 7.09. The fraction of sp³-hybridized carbons (Fsp3) is 0.222. The molecule has 0 radical (unpaired) electrons. The first-order valence-corrected chi connectivity index (χ1v) is 4.95. The Balaban J connectivity index is 2.31. The lowest BCUT2D eigenvalue weighted by molar-refractivity contribution is -0.139. The number of carbonyl (C=O) groups is 1. The maximum atomic E-state index is 12.9. The number of rotatable bonds is 1. The Labute approximate surface area is 93.4 Å². The van der Waals surface area contributed by atoms with Crippen LogP contribution >= 0.6 is 15.9 Å². The molecule has 1 aliphatic heterocycles. The summed E-state index contributed by atoms with van der Waals surface area (Å²) in [6.45, 7) is -0.0297. The standard InChI is InChI=1S/C9H7BrFNO3/c10-6-3-5(1-2-7(6)11)12-4-15-9(14)8(12)13/h1-3,9,14H,4H2. The Morgan fingerprint density at radius 3 is 2.87 bits per heavy atom. The highest BCUT2D eigenvalue weighted by Gasteiger charge is 2.31. The number of carbonyl (C=O) groups excluding carboxylic acids is 1. The molecule has 4 nitrogen and oxygen atoms in total. The number of halogens is 2. The molecule has 1 amide bonds. The van der Waals surface area contributed by atoms with Crippen LogP contribution in [0.5, 0.6) is 0 Å². The van der Waals surface area contributed by atoms with Crippen LogP contribution in [0.1, 0.15) is 0 Å². The van der Waals surface area contributed by atoms with Crippen LogP contribution in [-0.4, -0.2) is 24.0 Å². The Morgan fingerprint density at radius 1 is 1.60 bits per heavy atom. The van der Waals surface area contributed by atoms with Crippen LogP contribution < -0.4 is 4.90 Å². The minimum absolute atomic E-state index is 0.0297. The van der Waals surface area contributed by atoms with Crippen molar-refractivity contribution in [1.82, 2.24) is 0 Å². The van der Waals surface area contributed by atoms with Gasteiger partial charge in [0.25, 0.3) is 5.91 Å². The molecule has 1 fully saturated rings. The van der Waals surface area contributed by atoms with Gasteiger partial charge in [-0.3, -0.25) is 9.69 Å².